The number of nitrogens with zero attached hydrogens (tertiary/aromatic N) is 1. The highest BCUT2D eigenvalue weighted by atomic mass is 19.1. The maximum atomic E-state index is 13.1. The van der Waals surface area contributed by atoms with Gasteiger partial charge in [-0.3, -0.25) is 14.5 Å². The van der Waals surface area contributed by atoms with E-state index in [1.165, 1.54) is 18.2 Å². The number of amides is 2. The molecule has 5 nitrogen and oxygen atoms in total. The van der Waals surface area contributed by atoms with Crippen LogP contribution in [0.25, 0.3) is 6.08 Å². The molecule has 1 aliphatic heterocycles. The van der Waals surface area contributed by atoms with E-state index in [2.05, 4.69) is 15.5 Å². The van der Waals surface area contributed by atoms with Crippen LogP contribution in [0.15, 0.2) is 30.3 Å². The number of carbonyl (C=O) groups is 2. The SMILES string of the molecule is CC(C)NC(=O)CN1CCC(NC(=O)/C=C/c2cccc(F)c2)CC1. The van der Waals surface area contributed by atoms with E-state index in [0.29, 0.717) is 12.1 Å². The summed E-state index contributed by atoms with van der Waals surface area (Å²) in [4.78, 5) is 25.8. The minimum absolute atomic E-state index is 0.0375. The molecule has 0 saturated carbocycles. The normalized spacial score (nSPS) is 16.3. The van der Waals surface area contributed by atoms with E-state index >= 15 is 0 Å². The molecule has 0 aliphatic carbocycles. The van der Waals surface area contributed by atoms with Crippen molar-refractivity contribution in [2.75, 3.05) is 19.6 Å². The molecule has 1 aliphatic rings. The zero-order valence-electron chi connectivity index (χ0n) is 14.8. The molecule has 1 saturated heterocycles. The minimum atomic E-state index is -0.323. The average Bonchev–Trinajstić information content (AvgIpc) is 2.54. The Kier molecular flexibility index (Phi) is 7.13. The number of halogens is 1. The minimum Gasteiger partial charge on any atom is -0.353 e. The fourth-order valence-corrected chi connectivity index (χ4v) is 2.84. The quantitative estimate of drug-likeness (QED) is 0.773. The first kappa shape index (κ1) is 19.1. The summed E-state index contributed by atoms with van der Waals surface area (Å²) < 4.78 is 13.1. The highest BCUT2D eigenvalue weighted by Crippen LogP contribution is 2.10. The van der Waals surface area contributed by atoms with Gasteiger partial charge >= 0.3 is 0 Å². The van der Waals surface area contributed by atoms with Crippen LogP contribution in [0.4, 0.5) is 4.39 Å². The van der Waals surface area contributed by atoms with E-state index < -0.39 is 0 Å². The van der Waals surface area contributed by atoms with Gasteiger partial charge in [0.2, 0.25) is 11.8 Å². The van der Waals surface area contributed by atoms with Crippen LogP contribution in [0.5, 0.6) is 0 Å². The molecule has 0 unspecified atom stereocenters. The van der Waals surface area contributed by atoms with Crippen molar-refractivity contribution in [1.29, 1.82) is 0 Å². The number of benzene rings is 1. The molecule has 2 N–H and O–H groups in total. The van der Waals surface area contributed by atoms with Crippen molar-refractivity contribution >= 4 is 17.9 Å². The topological polar surface area (TPSA) is 61.4 Å². The molecular weight excluding hydrogens is 321 g/mol. The Morgan fingerprint density at radius 1 is 1.32 bits per heavy atom. The van der Waals surface area contributed by atoms with Gasteiger partial charge in [0.1, 0.15) is 5.82 Å². The molecule has 0 spiro atoms. The van der Waals surface area contributed by atoms with Gasteiger partial charge in [-0.15, -0.1) is 0 Å². The van der Waals surface area contributed by atoms with Crippen molar-refractivity contribution in [1.82, 2.24) is 15.5 Å². The lowest BCUT2D eigenvalue weighted by molar-refractivity contribution is -0.123. The molecule has 136 valence electrons. The van der Waals surface area contributed by atoms with Crippen LogP contribution in [-0.4, -0.2) is 48.4 Å². The summed E-state index contributed by atoms with van der Waals surface area (Å²) in [5.41, 5.74) is 0.654. The lowest BCUT2D eigenvalue weighted by Crippen LogP contribution is -2.47. The summed E-state index contributed by atoms with van der Waals surface area (Å²) in [6.07, 6.45) is 4.66. The summed E-state index contributed by atoms with van der Waals surface area (Å²) in [5.74, 6) is -0.466. The van der Waals surface area contributed by atoms with Crippen LogP contribution < -0.4 is 10.6 Å². The second kappa shape index (κ2) is 9.32. The largest absolute Gasteiger partial charge is 0.353 e. The van der Waals surface area contributed by atoms with Crippen molar-refractivity contribution in [3.05, 3.63) is 41.7 Å². The van der Waals surface area contributed by atoms with E-state index in [0.717, 1.165) is 25.9 Å². The predicted octanol–water partition coefficient (Wildman–Crippen LogP) is 1.94. The molecule has 1 fully saturated rings. The number of likely N-dealkylation sites (tertiary alicyclic amines) is 1. The van der Waals surface area contributed by atoms with E-state index in [9.17, 15) is 14.0 Å². The van der Waals surface area contributed by atoms with Crippen LogP contribution in [0.1, 0.15) is 32.3 Å². The first-order valence-electron chi connectivity index (χ1n) is 8.68. The lowest BCUT2D eigenvalue weighted by atomic mass is 10.0. The van der Waals surface area contributed by atoms with Crippen LogP contribution >= 0.6 is 0 Å². The zero-order valence-corrected chi connectivity index (χ0v) is 14.8. The van der Waals surface area contributed by atoms with E-state index in [1.54, 1.807) is 18.2 Å². The third-order valence-corrected chi connectivity index (χ3v) is 4.03. The van der Waals surface area contributed by atoms with Crippen LogP contribution in [-0.2, 0) is 9.59 Å². The van der Waals surface area contributed by atoms with Gasteiger partial charge in [-0.05, 0) is 50.5 Å². The van der Waals surface area contributed by atoms with Gasteiger partial charge in [-0.1, -0.05) is 12.1 Å². The number of nitrogens with one attached hydrogen (secondary N) is 2. The Morgan fingerprint density at radius 2 is 2.04 bits per heavy atom. The lowest BCUT2D eigenvalue weighted by Gasteiger charge is -2.31. The van der Waals surface area contributed by atoms with Crippen LogP contribution in [0, 0.1) is 5.82 Å². The third kappa shape index (κ3) is 7.05. The molecular formula is C19H26FN3O2. The van der Waals surface area contributed by atoms with Gasteiger partial charge < -0.3 is 10.6 Å². The Morgan fingerprint density at radius 3 is 2.68 bits per heavy atom. The maximum absolute atomic E-state index is 13.1. The average molecular weight is 347 g/mol. The summed E-state index contributed by atoms with van der Waals surface area (Å²) in [6.45, 7) is 5.85. The molecule has 0 bridgehead atoms. The van der Waals surface area contributed by atoms with E-state index in [4.69, 9.17) is 0 Å². The van der Waals surface area contributed by atoms with Gasteiger partial charge in [0.05, 0.1) is 6.54 Å². The number of piperidine rings is 1. The summed E-state index contributed by atoms with van der Waals surface area (Å²) in [7, 11) is 0. The number of rotatable bonds is 6. The monoisotopic (exact) mass is 347 g/mol. The standard InChI is InChI=1S/C19H26FN3O2/c1-14(2)21-19(25)13-23-10-8-17(9-11-23)22-18(24)7-6-15-4-3-5-16(20)12-15/h3-7,12,14,17H,8-11,13H2,1-2H3,(H,21,25)(H,22,24)/b7-6+. The third-order valence-electron chi connectivity index (χ3n) is 4.03. The van der Waals surface area contributed by atoms with E-state index in [-0.39, 0.29) is 29.7 Å². The van der Waals surface area contributed by atoms with Crippen molar-refractivity contribution in [3.63, 3.8) is 0 Å². The Bertz CT molecular complexity index is 623. The molecule has 0 atom stereocenters. The van der Waals surface area contributed by atoms with Gasteiger partial charge in [0.15, 0.2) is 0 Å². The zero-order chi connectivity index (χ0) is 18.2. The molecule has 6 heteroatoms. The van der Waals surface area contributed by atoms with Gasteiger partial charge in [-0.25, -0.2) is 4.39 Å². The molecule has 0 aromatic heterocycles. The molecule has 25 heavy (non-hydrogen) atoms. The van der Waals surface area contributed by atoms with Crippen LogP contribution in [0.3, 0.4) is 0 Å². The van der Waals surface area contributed by atoms with E-state index in [1.807, 2.05) is 13.8 Å². The molecule has 2 rings (SSSR count). The second-order valence-corrected chi connectivity index (χ2v) is 6.67. The molecule has 1 heterocycles. The maximum Gasteiger partial charge on any atom is 0.244 e. The highest BCUT2D eigenvalue weighted by molar-refractivity contribution is 5.91. The fourth-order valence-electron chi connectivity index (χ4n) is 2.84. The summed E-state index contributed by atoms with van der Waals surface area (Å²) >= 11 is 0. The molecule has 1 aromatic carbocycles. The fraction of sp³-hybridized carbons (Fsp3) is 0.474. The van der Waals surface area contributed by atoms with Gasteiger partial charge in [-0.2, -0.15) is 0 Å². The predicted molar refractivity (Wildman–Crippen MR) is 96.3 cm³/mol. The second-order valence-electron chi connectivity index (χ2n) is 6.67. The Balaban J connectivity index is 1.72. The first-order valence-corrected chi connectivity index (χ1v) is 8.68. The summed E-state index contributed by atoms with van der Waals surface area (Å²) in [5, 5.41) is 5.85. The van der Waals surface area contributed by atoms with Crippen molar-refractivity contribution in [3.8, 4) is 0 Å². The van der Waals surface area contributed by atoms with Gasteiger partial charge in [0.25, 0.3) is 0 Å². The Labute approximate surface area is 148 Å². The number of hydrogen-bond acceptors (Lipinski definition) is 3. The molecule has 1 aromatic rings. The first-order chi connectivity index (χ1) is 11.9. The van der Waals surface area contributed by atoms with Gasteiger partial charge in [0, 0.05) is 31.2 Å². The number of carbonyl (C=O) groups excluding carboxylic acids is 2. The smallest absolute Gasteiger partial charge is 0.244 e. The van der Waals surface area contributed by atoms with Crippen molar-refractivity contribution in [2.45, 2.75) is 38.8 Å². The Hall–Kier alpha value is -2.21. The van der Waals surface area contributed by atoms with Crippen molar-refractivity contribution < 1.29 is 14.0 Å². The molecule has 2 amide bonds. The summed E-state index contributed by atoms with van der Waals surface area (Å²) in [6, 6.07) is 6.35. The van der Waals surface area contributed by atoms with Crippen molar-refractivity contribution in [2.24, 2.45) is 0 Å². The highest BCUT2D eigenvalue weighted by Gasteiger charge is 2.21. The van der Waals surface area contributed by atoms with Crippen LogP contribution in [0.2, 0.25) is 0 Å². The molecule has 0 radical (unpaired) electrons. The number of hydrogen-bond donors (Lipinski definition) is 2.